The standard InChI is InChI=1S/C22H29N3O5S2/c26-21(24-27)22(8-12-30-13-9-22)32(28,29)25-10-5-19(6-11-25)20-4-3-17(15-23-20)1-2-18-7-14-31-16-18/h3-4,7,14-16,19,27H,1-2,5-6,8-13H2,(H,24,26). The van der Waals surface area contributed by atoms with E-state index < -0.39 is 20.7 Å². The number of aryl methyl sites for hydroxylation is 2. The molecular weight excluding hydrogens is 450 g/mol. The van der Waals surface area contributed by atoms with E-state index >= 15 is 0 Å². The van der Waals surface area contributed by atoms with E-state index in [1.54, 1.807) is 16.8 Å². The Bertz CT molecular complexity index is 995. The van der Waals surface area contributed by atoms with Crippen molar-refractivity contribution in [1.82, 2.24) is 14.8 Å². The molecule has 2 saturated heterocycles. The van der Waals surface area contributed by atoms with Crippen LogP contribution in [0.25, 0.3) is 0 Å². The third-order valence-electron chi connectivity index (χ3n) is 6.65. The van der Waals surface area contributed by atoms with E-state index in [2.05, 4.69) is 33.9 Å². The van der Waals surface area contributed by atoms with Gasteiger partial charge in [-0.1, -0.05) is 6.07 Å². The highest BCUT2D eigenvalue weighted by atomic mass is 32.2. The number of hydrogen-bond acceptors (Lipinski definition) is 7. The summed E-state index contributed by atoms with van der Waals surface area (Å²) < 4.78 is 31.8. The van der Waals surface area contributed by atoms with Gasteiger partial charge in [-0.25, -0.2) is 18.2 Å². The maximum Gasteiger partial charge on any atom is 0.266 e. The number of rotatable bonds is 7. The number of hydroxylamine groups is 1. The number of carbonyl (C=O) groups is 1. The summed E-state index contributed by atoms with van der Waals surface area (Å²) in [5.74, 6) is -0.688. The summed E-state index contributed by atoms with van der Waals surface area (Å²) in [6.07, 6.45) is 5.23. The van der Waals surface area contributed by atoms with Crippen LogP contribution in [0.1, 0.15) is 48.4 Å². The molecule has 2 aromatic heterocycles. The van der Waals surface area contributed by atoms with Gasteiger partial charge >= 0.3 is 0 Å². The van der Waals surface area contributed by atoms with Crippen LogP contribution in [0.3, 0.4) is 0 Å². The van der Waals surface area contributed by atoms with Crippen molar-refractivity contribution in [3.63, 3.8) is 0 Å². The van der Waals surface area contributed by atoms with E-state index in [0.29, 0.717) is 25.9 Å². The van der Waals surface area contributed by atoms with Gasteiger partial charge in [0.15, 0.2) is 4.75 Å². The largest absolute Gasteiger partial charge is 0.381 e. The molecule has 4 rings (SSSR count). The van der Waals surface area contributed by atoms with E-state index in [-0.39, 0.29) is 32.0 Å². The molecule has 2 fully saturated rings. The average molecular weight is 480 g/mol. The molecule has 0 spiro atoms. The number of amides is 1. The van der Waals surface area contributed by atoms with Gasteiger partial charge in [0, 0.05) is 57.0 Å². The molecule has 0 unspecified atom stereocenters. The SMILES string of the molecule is O=C(NO)C1(S(=O)(=O)N2CCC(c3ccc(CCc4ccsc4)cn3)CC2)CCOCC1. The summed E-state index contributed by atoms with van der Waals surface area (Å²) >= 11 is 1.71. The molecule has 32 heavy (non-hydrogen) atoms. The number of thiophene rings is 1. The zero-order valence-electron chi connectivity index (χ0n) is 17.9. The Labute approximate surface area is 192 Å². The fourth-order valence-corrected chi connectivity index (χ4v) is 7.44. The van der Waals surface area contributed by atoms with E-state index in [9.17, 15) is 18.4 Å². The zero-order valence-corrected chi connectivity index (χ0v) is 19.5. The summed E-state index contributed by atoms with van der Waals surface area (Å²) in [6.45, 7) is 1.00. The predicted octanol–water partition coefficient (Wildman–Crippen LogP) is 2.49. The van der Waals surface area contributed by atoms with Crippen molar-refractivity contribution in [2.45, 2.75) is 49.2 Å². The van der Waals surface area contributed by atoms with Crippen molar-refractivity contribution >= 4 is 27.3 Å². The lowest BCUT2D eigenvalue weighted by Crippen LogP contribution is -2.60. The molecule has 2 aliphatic rings. The van der Waals surface area contributed by atoms with E-state index in [1.165, 1.54) is 15.4 Å². The highest BCUT2D eigenvalue weighted by molar-refractivity contribution is 7.91. The highest BCUT2D eigenvalue weighted by Gasteiger charge is 2.54. The minimum atomic E-state index is -3.94. The topological polar surface area (TPSA) is 109 Å². The fraction of sp³-hybridized carbons (Fsp3) is 0.545. The normalized spacial score (nSPS) is 20.2. The summed E-state index contributed by atoms with van der Waals surface area (Å²) in [6, 6.07) is 6.31. The number of sulfonamides is 1. The lowest BCUT2D eigenvalue weighted by atomic mass is 9.93. The van der Waals surface area contributed by atoms with E-state index in [0.717, 1.165) is 18.5 Å². The van der Waals surface area contributed by atoms with Crippen molar-refractivity contribution < 1.29 is 23.2 Å². The number of pyridine rings is 1. The molecule has 4 heterocycles. The molecule has 0 aliphatic carbocycles. The minimum Gasteiger partial charge on any atom is -0.381 e. The second-order valence-corrected chi connectivity index (χ2v) is 11.5. The van der Waals surface area contributed by atoms with Gasteiger partial charge in [-0.15, -0.1) is 0 Å². The summed E-state index contributed by atoms with van der Waals surface area (Å²) in [5.41, 5.74) is 5.08. The number of ether oxygens (including phenoxy) is 1. The quantitative estimate of drug-likeness (QED) is 0.467. The highest BCUT2D eigenvalue weighted by Crippen LogP contribution is 2.36. The van der Waals surface area contributed by atoms with Crippen LogP contribution in [0, 0.1) is 0 Å². The molecule has 174 valence electrons. The number of carbonyl (C=O) groups excluding carboxylic acids is 1. The van der Waals surface area contributed by atoms with Gasteiger partial charge in [0.1, 0.15) is 0 Å². The second kappa shape index (κ2) is 9.96. The van der Waals surface area contributed by atoms with Crippen molar-refractivity contribution in [1.29, 1.82) is 0 Å². The number of aromatic nitrogens is 1. The molecule has 0 aromatic carbocycles. The summed E-state index contributed by atoms with van der Waals surface area (Å²) in [4.78, 5) is 17.0. The predicted molar refractivity (Wildman–Crippen MR) is 121 cm³/mol. The molecule has 2 aromatic rings. The summed E-state index contributed by atoms with van der Waals surface area (Å²) in [7, 11) is -3.94. The van der Waals surface area contributed by atoms with Gasteiger partial charge in [0.25, 0.3) is 5.91 Å². The second-order valence-electron chi connectivity index (χ2n) is 8.45. The number of nitrogens with one attached hydrogen (secondary N) is 1. The maximum absolute atomic E-state index is 13.4. The first-order chi connectivity index (χ1) is 15.5. The van der Waals surface area contributed by atoms with Gasteiger partial charge in [-0.05, 0) is 59.7 Å². The van der Waals surface area contributed by atoms with E-state index in [1.807, 2.05) is 6.20 Å². The molecule has 2 N–H and O–H groups in total. The van der Waals surface area contributed by atoms with Crippen molar-refractivity contribution in [2.75, 3.05) is 26.3 Å². The first-order valence-electron chi connectivity index (χ1n) is 10.9. The molecule has 0 radical (unpaired) electrons. The Morgan fingerprint density at radius 2 is 1.91 bits per heavy atom. The number of piperidine rings is 1. The zero-order chi connectivity index (χ0) is 22.6. The molecule has 0 bridgehead atoms. The first kappa shape index (κ1) is 23.3. The lowest BCUT2D eigenvalue weighted by molar-refractivity contribution is -0.134. The van der Waals surface area contributed by atoms with Crippen molar-refractivity contribution in [3.8, 4) is 0 Å². The number of nitrogens with zero attached hydrogens (tertiary/aromatic N) is 2. The lowest BCUT2D eigenvalue weighted by Gasteiger charge is -2.40. The van der Waals surface area contributed by atoms with Crippen LogP contribution in [-0.2, 0) is 32.4 Å². The average Bonchev–Trinajstić information content (AvgIpc) is 3.37. The fourth-order valence-electron chi connectivity index (χ4n) is 4.59. The molecule has 8 nitrogen and oxygen atoms in total. The van der Waals surface area contributed by atoms with Crippen LogP contribution >= 0.6 is 11.3 Å². The third-order valence-corrected chi connectivity index (χ3v) is 10.0. The van der Waals surface area contributed by atoms with E-state index in [4.69, 9.17) is 4.74 Å². The Morgan fingerprint density at radius 1 is 1.19 bits per heavy atom. The smallest absolute Gasteiger partial charge is 0.266 e. The van der Waals surface area contributed by atoms with Crippen molar-refractivity contribution in [3.05, 3.63) is 52.0 Å². The molecular formula is C22H29N3O5S2. The Kier molecular flexibility index (Phi) is 7.26. The van der Waals surface area contributed by atoms with Crippen LogP contribution in [0.4, 0.5) is 0 Å². The van der Waals surface area contributed by atoms with Crippen LogP contribution in [0.2, 0.25) is 0 Å². The van der Waals surface area contributed by atoms with Gasteiger partial charge in [0.05, 0.1) is 0 Å². The van der Waals surface area contributed by atoms with Crippen LogP contribution in [0.5, 0.6) is 0 Å². The van der Waals surface area contributed by atoms with Crippen molar-refractivity contribution in [2.24, 2.45) is 0 Å². The van der Waals surface area contributed by atoms with Crippen LogP contribution in [0.15, 0.2) is 35.2 Å². The molecule has 2 aliphatic heterocycles. The molecule has 1 amide bonds. The Hall–Kier alpha value is -1.85. The first-order valence-corrected chi connectivity index (χ1v) is 13.3. The Balaban J connectivity index is 1.38. The maximum atomic E-state index is 13.4. The third kappa shape index (κ3) is 4.60. The Morgan fingerprint density at radius 3 is 2.50 bits per heavy atom. The summed E-state index contributed by atoms with van der Waals surface area (Å²) in [5, 5.41) is 13.4. The molecule has 10 heteroatoms. The number of hydrogen-bond donors (Lipinski definition) is 2. The van der Waals surface area contributed by atoms with Gasteiger partial charge in [-0.3, -0.25) is 15.0 Å². The van der Waals surface area contributed by atoms with Crippen LogP contribution < -0.4 is 5.48 Å². The van der Waals surface area contributed by atoms with Crippen LogP contribution in [-0.4, -0.2) is 59.9 Å². The van der Waals surface area contributed by atoms with Gasteiger partial charge in [0.2, 0.25) is 10.0 Å². The van der Waals surface area contributed by atoms with Gasteiger partial charge in [-0.2, -0.15) is 11.3 Å². The minimum absolute atomic E-state index is 0.0378. The molecule has 0 saturated carbocycles. The monoisotopic (exact) mass is 479 g/mol. The van der Waals surface area contributed by atoms with Gasteiger partial charge < -0.3 is 4.74 Å². The molecule has 0 atom stereocenters.